The lowest BCUT2D eigenvalue weighted by Gasteiger charge is -2.17. The Morgan fingerprint density at radius 2 is 2.13 bits per heavy atom. The molecular formula is C23H23N5O2. The van der Waals surface area contributed by atoms with Crippen molar-refractivity contribution >= 4 is 22.5 Å². The van der Waals surface area contributed by atoms with E-state index in [4.69, 9.17) is 0 Å². The quantitative estimate of drug-likeness (QED) is 0.684. The molecule has 2 aliphatic rings. The lowest BCUT2D eigenvalue weighted by Crippen LogP contribution is -2.22. The molecule has 30 heavy (non-hydrogen) atoms. The molecule has 0 spiro atoms. The fourth-order valence-electron chi connectivity index (χ4n) is 4.38. The molecule has 0 bridgehead atoms. The Labute approximate surface area is 173 Å². The summed E-state index contributed by atoms with van der Waals surface area (Å²) in [5.41, 5.74) is 7.83. The molecule has 3 aromatic heterocycles. The smallest absolute Gasteiger partial charge is 0.269 e. The average Bonchev–Trinajstić information content (AvgIpc) is 3.27. The summed E-state index contributed by atoms with van der Waals surface area (Å²) in [6, 6.07) is 7.67. The summed E-state index contributed by atoms with van der Waals surface area (Å²) >= 11 is 0. The van der Waals surface area contributed by atoms with Gasteiger partial charge in [0.25, 0.3) is 11.5 Å². The molecule has 1 atom stereocenters. The first-order chi connectivity index (χ1) is 14.6. The van der Waals surface area contributed by atoms with Gasteiger partial charge in [-0.15, -0.1) is 0 Å². The number of amides is 1. The molecule has 1 fully saturated rings. The third-order valence-electron chi connectivity index (χ3n) is 6.01. The lowest BCUT2D eigenvalue weighted by molar-refractivity contribution is 0.0958. The molecule has 0 aromatic carbocycles. The van der Waals surface area contributed by atoms with Gasteiger partial charge in [0.05, 0.1) is 11.0 Å². The molecule has 7 heteroatoms. The second-order valence-corrected chi connectivity index (χ2v) is 7.93. The number of aromatic amines is 1. The predicted molar refractivity (Wildman–Crippen MR) is 115 cm³/mol. The first kappa shape index (κ1) is 18.7. The topological polar surface area (TPSA) is 91.0 Å². The zero-order chi connectivity index (χ0) is 20.8. The predicted octanol–water partition coefficient (Wildman–Crippen LogP) is 2.14. The van der Waals surface area contributed by atoms with Crippen LogP contribution in [0.5, 0.6) is 0 Å². The number of aromatic nitrogens is 3. The number of hydrogen-bond acceptors (Lipinski definition) is 5. The van der Waals surface area contributed by atoms with Crippen molar-refractivity contribution in [2.45, 2.75) is 19.9 Å². The Bertz CT molecular complexity index is 1240. The van der Waals surface area contributed by atoms with Crippen molar-refractivity contribution in [1.29, 1.82) is 0 Å². The van der Waals surface area contributed by atoms with Crippen LogP contribution in [0, 0.1) is 5.92 Å². The second-order valence-electron chi connectivity index (χ2n) is 7.93. The van der Waals surface area contributed by atoms with Gasteiger partial charge in [0, 0.05) is 50.6 Å². The molecule has 5 rings (SSSR count). The van der Waals surface area contributed by atoms with E-state index >= 15 is 0 Å². The molecule has 3 aromatic rings. The van der Waals surface area contributed by atoms with Gasteiger partial charge in [-0.3, -0.25) is 24.5 Å². The number of nitrogens with zero attached hydrogens (tertiary/aromatic N) is 3. The molecule has 2 N–H and O–H groups in total. The van der Waals surface area contributed by atoms with E-state index in [0.29, 0.717) is 18.0 Å². The van der Waals surface area contributed by atoms with Gasteiger partial charge in [-0.2, -0.15) is 0 Å². The standard InChI is InChI=1S/C23H23N5O2/c1-3-14-7-19-20(27-22(14)29)6-13(8-25-19)10-28-11-16-17(12-28)21(16)15-4-5-18(26-9-15)23(30)24-2/h4-9,16H,3,10-12H2,1-2H3,(H,24,30)(H,27,29)/t16-/m1/s1. The van der Waals surface area contributed by atoms with Gasteiger partial charge in [0.15, 0.2) is 0 Å². The van der Waals surface area contributed by atoms with Gasteiger partial charge in [-0.25, -0.2) is 0 Å². The number of hydrogen-bond donors (Lipinski definition) is 2. The molecule has 7 nitrogen and oxygen atoms in total. The summed E-state index contributed by atoms with van der Waals surface area (Å²) in [5.74, 6) is 0.315. The zero-order valence-electron chi connectivity index (χ0n) is 17.0. The lowest BCUT2D eigenvalue weighted by atomic mass is 10.1. The van der Waals surface area contributed by atoms with Crippen LogP contribution in [0.4, 0.5) is 0 Å². The van der Waals surface area contributed by atoms with Crippen LogP contribution in [0.3, 0.4) is 0 Å². The normalized spacial score (nSPS) is 18.0. The highest BCUT2D eigenvalue weighted by Crippen LogP contribution is 2.51. The Kier molecular flexibility index (Phi) is 4.47. The average molecular weight is 401 g/mol. The third-order valence-corrected chi connectivity index (χ3v) is 6.01. The number of fused-ring (bicyclic) bond motifs is 2. The molecule has 0 radical (unpaired) electrons. The zero-order valence-corrected chi connectivity index (χ0v) is 17.0. The first-order valence-electron chi connectivity index (χ1n) is 10.2. The van der Waals surface area contributed by atoms with Crippen molar-refractivity contribution in [1.82, 2.24) is 25.2 Å². The number of carbonyl (C=O) groups excluding carboxylic acids is 1. The number of likely N-dealkylation sites (tertiary alicyclic amines) is 1. The minimum atomic E-state index is -0.169. The number of pyridine rings is 3. The van der Waals surface area contributed by atoms with E-state index in [0.717, 1.165) is 47.4 Å². The van der Waals surface area contributed by atoms with Crippen LogP contribution >= 0.6 is 0 Å². The van der Waals surface area contributed by atoms with Crippen LogP contribution < -0.4 is 10.9 Å². The van der Waals surface area contributed by atoms with E-state index in [2.05, 4.69) is 25.2 Å². The summed E-state index contributed by atoms with van der Waals surface area (Å²) in [5, 5.41) is 2.59. The van der Waals surface area contributed by atoms with E-state index in [1.165, 1.54) is 11.1 Å². The summed E-state index contributed by atoms with van der Waals surface area (Å²) in [6.07, 6.45) is 4.40. The third kappa shape index (κ3) is 3.21. The molecular weight excluding hydrogens is 378 g/mol. The van der Waals surface area contributed by atoms with Crippen molar-refractivity contribution in [3.63, 3.8) is 0 Å². The van der Waals surface area contributed by atoms with E-state index in [-0.39, 0.29) is 11.5 Å². The maximum absolute atomic E-state index is 12.1. The summed E-state index contributed by atoms with van der Waals surface area (Å²) in [6.45, 7) is 4.69. The Morgan fingerprint density at radius 3 is 2.80 bits per heavy atom. The molecule has 1 amide bonds. The van der Waals surface area contributed by atoms with Crippen LogP contribution in [0.2, 0.25) is 0 Å². The van der Waals surface area contributed by atoms with Gasteiger partial charge in [0.2, 0.25) is 0 Å². The van der Waals surface area contributed by atoms with Crippen LogP contribution in [0.15, 0.2) is 47.0 Å². The van der Waals surface area contributed by atoms with Crippen molar-refractivity contribution in [3.8, 4) is 0 Å². The Morgan fingerprint density at radius 1 is 1.27 bits per heavy atom. The minimum Gasteiger partial charge on any atom is -0.354 e. The van der Waals surface area contributed by atoms with Gasteiger partial charge >= 0.3 is 0 Å². The van der Waals surface area contributed by atoms with Gasteiger partial charge in [-0.1, -0.05) is 13.0 Å². The van der Waals surface area contributed by atoms with Crippen LogP contribution in [0.1, 0.15) is 34.1 Å². The maximum atomic E-state index is 12.1. The summed E-state index contributed by atoms with van der Waals surface area (Å²) in [7, 11) is 1.60. The number of aryl methyl sites for hydroxylation is 1. The largest absolute Gasteiger partial charge is 0.354 e. The summed E-state index contributed by atoms with van der Waals surface area (Å²) < 4.78 is 0. The Balaban J connectivity index is 1.28. The molecule has 0 unspecified atom stereocenters. The monoisotopic (exact) mass is 401 g/mol. The first-order valence-corrected chi connectivity index (χ1v) is 10.2. The Hall–Kier alpha value is -3.32. The highest BCUT2D eigenvalue weighted by atomic mass is 16.1. The van der Waals surface area contributed by atoms with E-state index in [9.17, 15) is 9.59 Å². The summed E-state index contributed by atoms with van der Waals surface area (Å²) in [4.78, 5) is 37.9. The number of H-pyrrole nitrogens is 1. The molecule has 1 saturated heterocycles. The van der Waals surface area contributed by atoms with Gasteiger partial charge < -0.3 is 10.3 Å². The molecule has 1 aliphatic carbocycles. The fourth-order valence-corrected chi connectivity index (χ4v) is 4.38. The van der Waals surface area contributed by atoms with E-state index in [1.54, 1.807) is 19.3 Å². The second kappa shape index (κ2) is 7.18. The fraction of sp³-hybridized carbons (Fsp3) is 0.304. The highest BCUT2D eigenvalue weighted by molar-refractivity contribution is 5.93. The van der Waals surface area contributed by atoms with E-state index in [1.807, 2.05) is 31.3 Å². The van der Waals surface area contributed by atoms with Crippen LogP contribution in [-0.2, 0) is 13.0 Å². The maximum Gasteiger partial charge on any atom is 0.269 e. The van der Waals surface area contributed by atoms with Crippen molar-refractivity contribution < 1.29 is 4.79 Å². The number of rotatable bonds is 5. The number of carbonyl (C=O) groups is 1. The minimum absolute atomic E-state index is 0.0304. The van der Waals surface area contributed by atoms with Crippen LogP contribution in [-0.4, -0.2) is 45.9 Å². The van der Waals surface area contributed by atoms with E-state index < -0.39 is 0 Å². The molecule has 152 valence electrons. The highest BCUT2D eigenvalue weighted by Gasteiger charge is 2.44. The van der Waals surface area contributed by atoms with Crippen molar-refractivity contribution in [3.05, 3.63) is 75.0 Å². The van der Waals surface area contributed by atoms with Crippen molar-refractivity contribution in [2.75, 3.05) is 20.1 Å². The van der Waals surface area contributed by atoms with Crippen molar-refractivity contribution in [2.24, 2.45) is 5.92 Å². The van der Waals surface area contributed by atoms with Gasteiger partial charge in [-0.05, 0) is 46.9 Å². The number of nitrogens with one attached hydrogen (secondary N) is 2. The molecule has 0 saturated carbocycles. The van der Waals surface area contributed by atoms with Gasteiger partial charge in [0.1, 0.15) is 5.69 Å². The SMILES string of the molecule is CCc1cc2ncc(CN3CC4=C(c5ccc(C(=O)NC)nc5)[C@@H]4C3)cc2[nH]c1=O. The molecule has 4 heterocycles. The molecule has 1 aliphatic heterocycles. The van der Waals surface area contributed by atoms with Crippen LogP contribution in [0.25, 0.3) is 16.6 Å².